The molecule has 3 rings (SSSR count). The highest BCUT2D eigenvalue weighted by atomic mass is 19.4. The second-order valence-electron chi connectivity index (χ2n) is 6.13. The van der Waals surface area contributed by atoms with E-state index < -0.39 is 11.7 Å². The van der Waals surface area contributed by atoms with Crippen molar-refractivity contribution in [1.82, 2.24) is 10.3 Å². The monoisotopic (exact) mass is 365 g/mol. The van der Waals surface area contributed by atoms with Crippen molar-refractivity contribution in [2.24, 2.45) is 5.92 Å². The van der Waals surface area contributed by atoms with Gasteiger partial charge in [-0.1, -0.05) is 0 Å². The minimum absolute atomic E-state index is 0.163. The van der Waals surface area contributed by atoms with Crippen LogP contribution < -0.4 is 15.4 Å². The molecule has 138 valence electrons. The van der Waals surface area contributed by atoms with Crippen LogP contribution in [0.4, 0.5) is 18.9 Å². The smallest absolute Gasteiger partial charge is 0.416 e. The molecule has 1 aromatic carbocycles. The Morgan fingerprint density at radius 2 is 1.88 bits per heavy atom. The van der Waals surface area contributed by atoms with Crippen molar-refractivity contribution in [3.63, 3.8) is 0 Å². The number of pyridine rings is 1. The van der Waals surface area contributed by atoms with Gasteiger partial charge in [-0.15, -0.1) is 0 Å². The van der Waals surface area contributed by atoms with E-state index in [1.165, 1.54) is 37.2 Å². The molecular weight excluding hydrogens is 347 g/mol. The Hall–Kier alpha value is -2.61. The zero-order chi connectivity index (χ0) is 18.6. The van der Waals surface area contributed by atoms with Gasteiger partial charge in [0.1, 0.15) is 5.75 Å². The molecule has 0 radical (unpaired) electrons. The highest BCUT2D eigenvalue weighted by Crippen LogP contribution is 2.31. The predicted octanol–water partition coefficient (Wildman–Crippen LogP) is 3.83. The van der Waals surface area contributed by atoms with Crippen LogP contribution in [0.1, 0.15) is 18.4 Å². The van der Waals surface area contributed by atoms with Crippen molar-refractivity contribution in [3.05, 3.63) is 48.2 Å². The van der Waals surface area contributed by atoms with Gasteiger partial charge >= 0.3 is 6.18 Å². The number of carbonyl (C=O) groups is 1. The summed E-state index contributed by atoms with van der Waals surface area (Å²) in [5.74, 6) is 0.996. The minimum Gasteiger partial charge on any atom is -0.439 e. The lowest BCUT2D eigenvalue weighted by atomic mass is 10.2. The summed E-state index contributed by atoms with van der Waals surface area (Å²) in [6, 6.07) is 7.49. The molecule has 0 aliphatic heterocycles. The van der Waals surface area contributed by atoms with Crippen molar-refractivity contribution < 1.29 is 22.7 Å². The number of benzene rings is 1. The fraction of sp³-hybridized carbons (Fsp3) is 0.333. The standard InChI is InChI=1S/C18H18F3N3O2/c19-18(20,21)13-3-6-15(7-4-13)26-17-8-5-14(10-23-17)24-16(25)11-22-9-12-1-2-12/h3-8,10,12,22H,1-2,9,11H2,(H,24,25). The Morgan fingerprint density at radius 1 is 1.15 bits per heavy atom. The van der Waals surface area contributed by atoms with Crippen molar-refractivity contribution in [2.75, 3.05) is 18.4 Å². The normalized spacial score (nSPS) is 14.1. The molecule has 2 aromatic rings. The summed E-state index contributed by atoms with van der Waals surface area (Å²) >= 11 is 0. The first kappa shape index (κ1) is 18.2. The second-order valence-corrected chi connectivity index (χ2v) is 6.13. The number of amides is 1. The average Bonchev–Trinajstić information content (AvgIpc) is 3.41. The van der Waals surface area contributed by atoms with Gasteiger partial charge < -0.3 is 15.4 Å². The molecule has 1 fully saturated rings. The lowest BCUT2D eigenvalue weighted by molar-refractivity contribution is -0.137. The molecule has 2 N–H and O–H groups in total. The zero-order valence-electron chi connectivity index (χ0n) is 13.8. The molecular formula is C18H18F3N3O2. The van der Waals surface area contributed by atoms with E-state index >= 15 is 0 Å². The molecule has 5 nitrogen and oxygen atoms in total. The number of aromatic nitrogens is 1. The van der Waals surface area contributed by atoms with Gasteiger partial charge in [0.2, 0.25) is 11.8 Å². The van der Waals surface area contributed by atoms with E-state index in [4.69, 9.17) is 4.74 Å². The van der Waals surface area contributed by atoms with Crippen LogP contribution in [0, 0.1) is 5.92 Å². The second kappa shape index (κ2) is 7.74. The van der Waals surface area contributed by atoms with Gasteiger partial charge in [0.25, 0.3) is 0 Å². The molecule has 1 aliphatic rings. The van der Waals surface area contributed by atoms with E-state index in [-0.39, 0.29) is 24.1 Å². The lowest BCUT2D eigenvalue weighted by Crippen LogP contribution is -2.29. The Balaban J connectivity index is 1.49. The number of hydrogen-bond acceptors (Lipinski definition) is 4. The van der Waals surface area contributed by atoms with Gasteiger partial charge in [0.15, 0.2) is 0 Å². The maximum Gasteiger partial charge on any atom is 0.416 e. The van der Waals surface area contributed by atoms with Crippen LogP contribution in [-0.4, -0.2) is 24.0 Å². The van der Waals surface area contributed by atoms with Gasteiger partial charge in [0, 0.05) is 6.07 Å². The molecule has 1 aromatic heterocycles. The molecule has 1 aliphatic carbocycles. The molecule has 8 heteroatoms. The number of halogens is 3. The molecule has 0 atom stereocenters. The summed E-state index contributed by atoms with van der Waals surface area (Å²) in [6.07, 6.45) is -0.514. The Bertz CT molecular complexity index is 742. The van der Waals surface area contributed by atoms with E-state index in [2.05, 4.69) is 15.6 Å². The van der Waals surface area contributed by atoms with Gasteiger partial charge in [0.05, 0.1) is 24.0 Å². The first-order chi connectivity index (χ1) is 12.4. The summed E-state index contributed by atoms with van der Waals surface area (Å²) in [4.78, 5) is 15.8. The number of anilines is 1. The summed E-state index contributed by atoms with van der Waals surface area (Å²) in [6.45, 7) is 1.09. The number of rotatable bonds is 7. The van der Waals surface area contributed by atoms with Gasteiger partial charge in [-0.2, -0.15) is 13.2 Å². The van der Waals surface area contributed by atoms with Crippen LogP contribution >= 0.6 is 0 Å². The third-order valence-corrected chi connectivity index (χ3v) is 3.84. The fourth-order valence-electron chi connectivity index (χ4n) is 2.26. The summed E-state index contributed by atoms with van der Waals surface area (Å²) in [5, 5.41) is 5.80. The number of ether oxygens (including phenoxy) is 1. The minimum atomic E-state index is -4.38. The Morgan fingerprint density at radius 3 is 2.46 bits per heavy atom. The fourth-order valence-corrected chi connectivity index (χ4v) is 2.26. The molecule has 0 saturated heterocycles. The molecule has 1 amide bonds. The summed E-state index contributed by atoms with van der Waals surface area (Å²) < 4.78 is 43.0. The molecule has 1 heterocycles. The van der Waals surface area contributed by atoms with Crippen molar-refractivity contribution in [2.45, 2.75) is 19.0 Å². The zero-order valence-corrected chi connectivity index (χ0v) is 13.8. The Kier molecular flexibility index (Phi) is 5.41. The number of hydrogen-bond donors (Lipinski definition) is 2. The largest absolute Gasteiger partial charge is 0.439 e. The highest BCUT2D eigenvalue weighted by molar-refractivity contribution is 5.92. The van der Waals surface area contributed by atoms with Crippen molar-refractivity contribution in [1.29, 1.82) is 0 Å². The van der Waals surface area contributed by atoms with E-state index in [0.29, 0.717) is 11.6 Å². The van der Waals surface area contributed by atoms with Crippen molar-refractivity contribution >= 4 is 11.6 Å². The van der Waals surface area contributed by atoms with E-state index in [1.54, 1.807) is 6.07 Å². The molecule has 1 saturated carbocycles. The van der Waals surface area contributed by atoms with Crippen LogP contribution in [-0.2, 0) is 11.0 Å². The van der Waals surface area contributed by atoms with Crippen molar-refractivity contribution in [3.8, 4) is 11.6 Å². The van der Waals surface area contributed by atoms with Gasteiger partial charge in [-0.05, 0) is 55.6 Å². The van der Waals surface area contributed by atoms with Gasteiger partial charge in [-0.3, -0.25) is 4.79 Å². The maximum atomic E-state index is 12.5. The lowest BCUT2D eigenvalue weighted by Gasteiger charge is -2.09. The molecule has 26 heavy (non-hydrogen) atoms. The maximum absolute atomic E-state index is 12.5. The number of nitrogens with one attached hydrogen (secondary N) is 2. The van der Waals surface area contributed by atoms with E-state index in [0.717, 1.165) is 18.7 Å². The Labute approximate surface area is 148 Å². The first-order valence-electron chi connectivity index (χ1n) is 8.22. The van der Waals surface area contributed by atoms with Crippen LogP contribution in [0.3, 0.4) is 0 Å². The third-order valence-electron chi connectivity index (χ3n) is 3.84. The third kappa shape index (κ3) is 5.45. The van der Waals surface area contributed by atoms with Crippen LogP contribution in [0.15, 0.2) is 42.6 Å². The molecule has 0 unspecified atom stereocenters. The average molecular weight is 365 g/mol. The number of nitrogens with zero attached hydrogens (tertiary/aromatic N) is 1. The summed E-state index contributed by atoms with van der Waals surface area (Å²) in [7, 11) is 0. The molecule has 0 spiro atoms. The predicted molar refractivity (Wildman–Crippen MR) is 90.0 cm³/mol. The quantitative estimate of drug-likeness (QED) is 0.783. The molecule has 0 bridgehead atoms. The summed E-state index contributed by atoms with van der Waals surface area (Å²) in [5.41, 5.74) is -0.228. The SMILES string of the molecule is O=C(CNCC1CC1)Nc1ccc(Oc2ccc(C(F)(F)F)cc2)nc1. The van der Waals surface area contributed by atoms with Crippen LogP contribution in [0.2, 0.25) is 0 Å². The van der Waals surface area contributed by atoms with Gasteiger partial charge in [-0.25, -0.2) is 4.98 Å². The van der Waals surface area contributed by atoms with E-state index in [9.17, 15) is 18.0 Å². The highest BCUT2D eigenvalue weighted by Gasteiger charge is 2.30. The first-order valence-corrected chi connectivity index (χ1v) is 8.22. The van der Waals surface area contributed by atoms with E-state index in [1.807, 2.05) is 0 Å². The van der Waals surface area contributed by atoms with Crippen LogP contribution in [0.25, 0.3) is 0 Å². The number of carbonyl (C=O) groups excluding carboxylic acids is 1. The topological polar surface area (TPSA) is 63.2 Å². The van der Waals surface area contributed by atoms with Crippen LogP contribution in [0.5, 0.6) is 11.6 Å². The number of alkyl halides is 3.